The topological polar surface area (TPSA) is 53.1 Å². The first kappa shape index (κ1) is 11.4. The Hall–Kier alpha value is -2.04. The van der Waals surface area contributed by atoms with Crippen LogP contribution in [0.2, 0.25) is 0 Å². The molecular weight excluding hydrogens is 221 g/mol. The Labute approximate surface area is 98.8 Å². The maximum Gasteiger partial charge on any atom is 0.165 e. The number of methoxy groups -OCH3 is 1. The number of hydrogen-bond acceptors (Lipinski definition) is 3. The number of ether oxygens (including phenoxy) is 1. The monoisotopic (exact) mass is 235 g/mol. The molecule has 0 saturated carbocycles. The minimum Gasteiger partial charge on any atom is -0.493 e. The van der Waals surface area contributed by atoms with Gasteiger partial charge in [0.25, 0.3) is 0 Å². The standard InChI is InChI=1S/C12H14FN3O/c1-7-4-5-8(13)12(17-3)11(7)9-6-10(14)16(2)15-9/h4-6H,14H2,1-3H3. The van der Waals surface area contributed by atoms with Crippen molar-refractivity contribution in [1.29, 1.82) is 0 Å². The molecule has 4 nitrogen and oxygen atoms in total. The third-order valence-corrected chi connectivity index (χ3v) is 2.69. The van der Waals surface area contributed by atoms with Gasteiger partial charge in [0.1, 0.15) is 5.82 Å². The number of hydrogen-bond donors (Lipinski definition) is 1. The summed E-state index contributed by atoms with van der Waals surface area (Å²) in [6, 6.07) is 4.77. The summed E-state index contributed by atoms with van der Waals surface area (Å²) < 4.78 is 20.3. The number of nitrogens with two attached hydrogens (primary N) is 1. The van der Waals surface area contributed by atoms with E-state index in [1.54, 1.807) is 23.9 Å². The predicted octanol–water partition coefficient (Wildman–Crippen LogP) is 2.13. The molecular formula is C12H14FN3O. The van der Waals surface area contributed by atoms with Crippen LogP contribution >= 0.6 is 0 Å². The highest BCUT2D eigenvalue weighted by atomic mass is 19.1. The SMILES string of the molecule is COc1c(F)ccc(C)c1-c1cc(N)n(C)n1. The van der Waals surface area contributed by atoms with E-state index in [0.717, 1.165) is 5.56 Å². The van der Waals surface area contributed by atoms with Crippen LogP contribution in [0.25, 0.3) is 11.3 Å². The fraction of sp³-hybridized carbons (Fsp3) is 0.250. The number of aromatic nitrogens is 2. The molecule has 0 aliphatic heterocycles. The number of benzene rings is 1. The fourth-order valence-electron chi connectivity index (χ4n) is 1.78. The van der Waals surface area contributed by atoms with E-state index in [-0.39, 0.29) is 5.75 Å². The summed E-state index contributed by atoms with van der Waals surface area (Å²) in [5.74, 6) is 0.311. The van der Waals surface area contributed by atoms with E-state index in [4.69, 9.17) is 10.5 Å². The van der Waals surface area contributed by atoms with Crippen LogP contribution in [-0.4, -0.2) is 16.9 Å². The lowest BCUT2D eigenvalue weighted by Gasteiger charge is -2.10. The van der Waals surface area contributed by atoms with Gasteiger partial charge >= 0.3 is 0 Å². The second-order valence-corrected chi connectivity index (χ2v) is 3.85. The van der Waals surface area contributed by atoms with Crippen LogP contribution in [0.1, 0.15) is 5.56 Å². The number of rotatable bonds is 2. The molecule has 90 valence electrons. The first-order valence-electron chi connectivity index (χ1n) is 5.17. The zero-order valence-corrected chi connectivity index (χ0v) is 9.99. The second kappa shape index (κ2) is 4.08. The van der Waals surface area contributed by atoms with Crippen LogP contribution in [0, 0.1) is 12.7 Å². The normalized spacial score (nSPS) is 10.6. The summed E-state index contributed by atoms with van der Waals surface area (Å²) in [4.78, 5) is 0. The molecule has 2 aromatic rings. The lowest BCUT2D eigenvalue weighted by molar-refractivity contribution is 0.388. The third kappa shape index (κ3) is 1.84. The first-order chi connectivity index (χ1) is 8.04. The van der Waals surface area contributed by atoms with Gasteiger partial charge in [0.15, 0.2) is 11.6 Å². The number of halogens is 1. The van der Waals surface area contributed by atoms with Crippen LogP contribution in [0.15, 0.2) is 18.2 Å². The van der Waals surface area contributed by atoms with Crippen molar-refractivity contribution in [2.75, 3.05) is 12.8 Å². The molecule has 17 heavy (non-hydrogen) atoms. The Morgan fingerprint density at radius 1 is 1.41 bits per heavy atom. The summed E-state index contributed by atoms with van der Waals surface area (Å²) >= 11 is 0. The molecule has 0 saturated heterocycles. The zero-order valence-electron chi connectivity index (χ0n) is 9.99. The average molecular weight is 235 g/mol. The van der Waals surface area contributed by atoms with Crippen LogP contribution in [0.4, 0.5) is 10.2 Å². The van der Waals surface area contributed by atoms with Gasteiger partial charge in [-0.25, -0.2) is 4.39 Å². The molecule has 2 rings (SSSR count). The molecule has 5 heteroatoms. The van der Waals surface area contributed by atoms with Gasteiger partial charge in [0, 0.05) is 13.1 Å². The Morgan fingerprint density at radius 3 is 2.65 bits per heavy atom. The molecule has 2 N–H and O–H groups in total. The molecule has 1 aromatic heterocycles. The maximum absolute atomic E-state index is 13.6. The quantitative estimate of drug-likeness (QED) is 0.867. The molecule has 0 atom stereocenters. The van der Waals surface area contributed by atoms with Gasteiger partial charge in [-0.05, 0) is 18.6 Å². The van der Waals surface area contributed by atoms with Crippen LogP contribution in [0.3, 0.4) is 0 Å². The van der Waals surface area contributed by atoms with E-state index in [2.05, 4.69) is 5.10 Å². The number of aryl methyl sites for hydroxylation is 2. The van der Waals surface area contributed by atoms with Crippen molar-refractivity contribution in [2.45, 2.75) is 6.92 Å². The molecule has 0 spiro atoms. The van der Waals surface area contributed by atoms with Crippen LogP contribution in [0.5, 0.6) is 5.75 Å². The van der Waals surface area contributed by atoms with Crippen LogP contribution in [-0.2, 0) is 7.05 Å². The molecule has 0 aliphatic carbocycles. The molecule has 1 aromatic carbocycles. The van der Waals surface area contributed by atoms with Gasteiger partial charge < -0.3 is 10.5 Å². The third-order valence-electron chi connectivity index (χ3n) is 2.69. The summed E-state index contributed by atoms with van der Waals surface area (Å²) in [6.07, 6.45) is 0. The lowest BCUT2D eigenvalue weighted by atomic mass is 10.0. The van der Waals surface area contributed by atoms with Crippen molar-refractivity contribution in [3.8, 4) is 17.0 Å². The Kier molecular flexibility index (Phi) is 2.75. The highest BCUT2D eigenvalue weighted by molar-refractivity contribution is 5.72. The van der Waals surface area contributed by atoms with Crippen molar-refractivity contribution in [3.63, 3.8) is 0 Å². The largest absolute Gasteiger partial charge is 0.493 e. The summed E-state index contributed by atoms with van der Waals surface area (Å²) in [7, 11) is 3.17. The van der Waals surface area contributed by atoms with Crippen molar-refractivity contribution in [1.82, 2.24) is 9.78 Å². The smallest absolute Gasteiger partial charge is 0.165 e. The number of nitrogen functional groups attached to an aromatic ring is 1. The van der Waals surface area contributed by atoms with E-state index in [1.165, 1.54) is 13.2 Å². The van der Waals surface area contributed by atoms with Crippen molar-refractivity contribution in [3.05, 3.63) is 29.6 Å². The minimum absolute atomic E-state index is 0.197. The molecule has 0 bridgehead atoms. The Bertz CT molecular complexity index is 544. The van der Waals surface area contributed by atoms with E-state index < -0.39 is 5.82 Å². The molecule has 0 radical (unpaired) electrons. The minimum atomic E-state index is -0.405. The predicted molar refractivity (Wildman–Crippen MR) is 64.3 cm³/mol. The fourth-order valence-corrected chi connectivity index (χ4v) is 1.78. The lowest BCUT2D eigenvalue weighted by Crippen LogP contribution is -1.98. The van der Waals surface area contributed by atoms with Crippen molar-refractivity contribution in [2.24, 2.45) is 7.05 Å². The number of nitrogens with zero attached hydrogens (tertiary/aromatic N) is 2. The van der Waals surface area contributed by atoms with E-state index >= 15 is 0 Å². The van der Waals surface area contributed by atoms with E-state index in [0.29, 0.717) is 17.1 Å². The van der Waals surface area contributed by atoms with Crippen molar-refractivity contribution >= 4 is 5.82 Å². The highest BCUT2D eigenvalue weighted by Crippen LogP contribution is 2.35. The maximum atomic E-state index is 13.6. The first-order valence-corrected chi connectivity index (χ1v) is 5.17. The summed E-state index contributed by atoms with van der Waals surface area (Å²) in [5, 5.41) is 4.24. The van der Waals surface area contributed by atoms with E-state index in [9.17, 15) is 4.39 Å². The number of anilines is 1. The average Bonchev–Trinajstić information content (AvgIpc) is 2.61. The van der Waals surface area contributed by atoms with Gasteiger partial charge in [-0.15, -0.1) is 0 Å². The molecule has 0 amide bonds. The van der Waals surface area contributed by atoms with Gasteiger partial charge in [-0.3, -0.25) is 4.68 Å². The molecule has 1 heterocycles. The second-order valence-electron chi connectivity index (χ2n) is 3.85. The molecule has 0 unspecified atom stereocenters. The van der Waals surface area contributed by atoms with Gasteiger partial charge in [-0.2, -0.15) is 5.10 Å². The summed E-state index contributed by atoms with van der Waals surface area (Å²) in [6.45, 7) is 1.88. The Balaban J connectivity index is 2.69. The van der Waals surface area contributed by atoms with Gasteiger partial charge in [-0.1, -0.05) is 6.07 Å². The highest BCUT2D eigenvalue weighted by Gasteiger charge is 2.16. The molecule has 0 fully saturated rings. The zero-order chi connectivity index (χ0) is 12.6. The van der Waals surface area contributed by atoms with E-state index in [1.807, 2.05) is 6.92 Å². The van der Waals surface area contributed by atoms with Gasteiger partial charge in [0.2, 0.25) is 0 Å². The molecule has 0 aliphatic rings. The van der Waals surface area contributed by atoms with Gasteiger partial charge in [0.05, 0.1) is 18.4 Å². The van der Waals surface area contributed by atoms with Crippen molar-refractivity contribution < 1.29 is 9.13 Å². The Morgan fingerprint density at radius 2 is 2.12 bits per heavy atom. The summed E-state index contributed by atoms with van der Waals surface area (Å²) in [5.41, 5.74) is 7.86. The van der Waals surface area contributed by atoms with Crippen LogP contribution < -0.4 is 10.5 Å².